The summed E-state index contributed by atoms with van der Waals surface area (Å²) in [4.78, 5) is 14.5. The maximum atomic E-state index is 4.89. The van der Waals surface area contributed by atoms with Crippen molar-refractivity contribution in [1.82, 2.24) is 4.98 Å². The molecule has 0 fully saturated rings. The van der Waals surface area contributed by atoms with Crippen molar-refractivity contribution in [3.8, 4) is 0 Å². The van der Waals surface area contributed by atoms with Crippen LogP contribution in [-0.4, -0.2) is 12.4 Å². The first-order valence-corrected chi connectivity index (χ1v) is 12.2. The molecule has 4 heteroatoms. The maximum Gasteiger partial charge on any atom is 3.00 e. The molecule has 0 saturated heterocycles. The van der Waals surface area contributed by atoms with Gasteiger partial charge in [0.25, 0.3) is 0 Å². The summed E-state index contributed by atoms with van der Waals surface area (Å²) in [5.74, 6) is 1.68. The van der Waals surface area contributed by atoms with Gasteiger partial charge >= 0.3 is 17.1 Å². The Balaban J connectivity index is 0.00000408. The number of para-hydroxylation sites is 2. The third-order valence-corrected chi connectivity index (χ3v) is 6.02. The SMILES string of the molecule is CC(C)c1cccc(C(C)C)c1N=Cc1ccc(C=Nc2c(C(C)C)cccc2C(C)C)[n-]1.[CH3-].[CH3-].[Fe+3]. The maximum absolute atomic E-state index is 4.89. The van der Waals surface area contributed by atoms with Crippen LogP contribution in [0.4, 0.5) is 11.4 Å². The average Bonchev–Trinajstić information content (AvgIpc) is 3.23. The van der Waals surface area contributed by atoms with E-state index in [0.29, 0.717) is 23.7 Å². The van der Waals surface area contributed by atoms with Gasteiger partial charge in [-0.05, 0) is 45.9 Å². The normalized spacial score (nSPS) is 11.4. The zero-order chi connectivity index (χ0) is 24.1. The molecule has 0 amide bonds. The Morgan fingerprint density at radius 3 is 1.06 bits per heavy atom. The quantitative estimate of drug-likeness (QED) is 0.164. The topological polar surface area (TPSA) is 38.8 Å². The van der Waals surface area contributed by atoms with Gasteiger partial charge in [-0.2, -0.15) is 0 Å². The third-order valence-electron chi connectivity index (χ3n) is 6.02. The van der Waals surface area contributed by atoms with Crippen LogP contribution in [0.5, 0.6) is 0 Å². The van der Waals surface area contributed by atoms with Crippen LogP contribution in [-0.2, 0) is 17.1 Å². The average molecular weight is 527 g/mol. The van der Waals surface area contributed by atoms with Crippen LogP contribution in [0.1, 0.15) is 113 Å². The molecular formula is C32H44FeN3. The van der Waals surface area contributed by atoms with Crippen LogP contribution in [0, 0.1) is 14.9 Å². The predicted molar refractivity (Wildman–Crippen MR) is 156 cm³/mol. The van der Waals surface area contributed by atoms with Gasteiger partial charge in [-0.15, -0.1) is 11.4 Å². The molecule has 0 atom stereocenters. The number of rotatable bonds is 8. The molecular weight excluding hydrogens is 482 g/mol. The molecule has 195 valence electrons. The summed E-state index contributed by atoms with van der Waals surface area (Å²) in [7, 11) is 0. The summed E-state index contributed by atoms with van der Waals surface area (Å²) in [6, 6.07) is 17.0. The molecule has 0 saturated carbocycles. The van der Waals surface area contributed by atoms with E-state index in [9.17, 15) is 0 Å². The largest absolute Gasteiger partial charge is 3.00 e. The molecule has 0 spiro atoms. The zero-order valence-electron chi connectivity index (χ0n) is 23.8. The number of hydrogen-bond donors (Lipinski definition) is 0. The van der Waals surface area contributed by atoms with E-state index in [-0.39, 0.29) is 31.9 Å². The minimum atomic E-state index is 0. The fraction of sp³-hybridized carbons (Fsp3) is 0.375. The first kappa shape index (κ1) is 33.6. The number of benzene rings is 2. The second-order valence-corrected chi connectivity index (χ2v) is 10.0. The smallest absolute Gasteiger partial charge is 0.655 e. The molecule has 0 N–H and O–H groups in total. The Kier molecular flexibility index (Phi) is 14.0. The fourth-order valence-corrected chi connectivity index (χ4v) is 4.12. The van der Waals surface area contributed by atoms with Gasteiger partial charge in [0.15, 0.2) is 0 Å². The van der Waals surface area contributed by atoms with Crippen molar-refractivity contribution in [2.45, 2.75) is 79.1 Å². The van der Waals surface area contributed by atoms with Crippen molar-refractivity contribution in [3.63, 3.8) is 0 Å². The van der Waals surface area contributed by atoms with E-state index in [4.69, 9.17) is 15.0 Å². The van der Waals surface area contributed by atoms with E-state index in [2.05, 4.69) is 91.8 Å². The van der Waals surface area contributed by atoms with Gasteiger partial charge in [-0.1, -0.05) is 104 Å². The molecule has 0 bridgehead atoms. The number of aromatic nitrogens is 1. The van der Waals surface area contributed by atoms with Crippen LogP contribution < -0.4 is 4.98 Å². The summed E-state index contributed by atoms with van der Waals surface area (Å²) < 4.78 is 0. The Hall–Kier alpha value is -2.42. The molecule has 1 radical (unpaired) electrons. The van der Waals surface area contributed by atoms with Crippen LogP contribution in [0.25, 0.3) is 0 Å². The predicted octanol–water partition coefficient (Wildman–Crippen LogP) is 9.54. The molecule has 3 aromatic rings. The second kappa shape index (κ2) is 15.0. The molecule has 0 unspecified atom stereocenters. The summed E-state index contributed by atoms with van der Waals surface area (Å²) in [6.45, 7) is 17.7. The molecule has 1 heterocycles. The third kappa shape index (κ3) is 8.05. The Morgan fingerprint density at radius 2 is 0.806 bits per heavy atom. The Labute approximate surface area is 231 Å². The van der Waals surface area contributed by atoms with Crippen LogP contribution in [0.3, 0.4) is 0 Å². The molecule has 36 heavy (non-hydrogen) atoms. The molecule has 3 nitrogen and oxygen atoms in total. The van der Waals surface area contributed by atoms with Crippen LogP contribution in [0.15, 0.2) is 58.5 Å². The summed E-state index contributed by atoms with van der Waals surface area (Å²) in [5, 5.41) is 0. The van der Waals surface area contributed by atoms with Gasteiger partial charge in [0.1, 0.15) is 0 Å². The van der Waals surface area contributed by atoms with Crippen LogP contribution >= 0.6 is 0 Å². The monoisotopic (exact) mass is 526 g/mol. The minimum absolute atomic E-state index is 0. The van der Waals surface area contributed by atoms with Crippen molar-refractivity contribution in [2.24, 2.45) is 9.98 Å². The summed E-state index contributed by atoms with van der Waals surface area (Å²) in [5.41, 5.74) is 8.96. The molecule has 0 aliphatic rings. The van der Waals surface area contributed by atoms with E-state index >= 15 is 0 Å². The van der Waals surface area contributed by atoms with E-state index in [1.54, 1.807) is 0 Å². The molecule has 2 aromatic carbocycles. The van der Waals surface area contributed by atoms with Crippen molar-refractivity contribution in [1.29, 1.82) is 0 Å². The van der Waals surface area contributed by atoms with Crippen LogP contribution in [0.2, 0.25) is 0 Å². The summed E-state index contributed by atoms with van der Waals surface area (Å²) in [6.07, 6.45) is 3.76. The Bertz CT molecular complexity index is 994. The van der Waals surface area contributed by atoms with E-state index in [0.717, 1.165) is 22.8 Å². The van der Waals surface area contributed by atoms with Crippen molar-refractivity contribution in [2.75, 3.05) is 0 Å². The van der Waals surface area contributed by atoms with E-state index in [1.165, 1.54) is 22.3 Å². The molecule has 1 aromatic heterocycles. The van der Waals surface area contributed by atoms with Gasteiger partial charge in [0.05, 0.1) is 11.4 Å². The number of aliphatic imine (C=N–C) groups is 2. The first-order valence-electron chi connectivity index (χ1n) is 12.2. The van der Waals surface area contributed by atoms with Gasteiger partial charge < -0.3 is 19.8 Å². The summed E-state index contributed by atoms with van der Waals surface area (Å²) >= 11 is 0. The molecule has 3 rings (SSSR count). The number of hydrogen-bond acceptors (Lipinski definition) is 2. The second-order valence-electron chi connectivity index (χ2n) is 10.0. The number of nitrogens with zero attached hydrogens (tertiary/aromatic N) is 3. The molecule has 0 aliphatic heterocycles. The molecule has 0 aliphatic carbocycles. The standard InChI is InChI=1S/C30H38N3.2CH3.Fe/c1-19(2)25-11-9-12-26(20(3)4)29(25)31-17-23-15-16-24(33-23)18-32-30-27(21(5)6)13-10-14-28(30)22(7)8;;;/h9-22H,1-8H3;2*1H3;/q3*-1;+3. The van der Waals surface area contributed by atoms with Crippen molar-refractivity contribution < 1.29 is 17.1 Å². The minimum Gasteiger partial charge on any atom is -0.655 e. The fourth-order valence-electron chi connectivity index (χ4n) is 4.12. The first-order chi connectivity index (χ1) is 15.7. The van der Waals surface area contributed by atoms with Gasteiger partial charge in [-0.3, -0.25) is 9.98 Å². The zero-order valence-corrected chi connectivity index (χ0v) is 24.9. The van der Waals surface area contributed by atoms with E-state index < -0.39 is 0 Å². The van der Waals surface area contributed by atoms with E-state index in [1.807, 2.05) is 24.6 Å². The van der Waals surface area contributed by atoms with Crippen molar-refractivity contribution >= 4 is 23.8 Å². The van der Waals surface area contributed by atoms with Gasteiger partial charge in [-0.25, -0.2) is 0 Å². The Morgan fingerprint density at radius 1 is 0.528 bits per heavy atom. The van der Waals surface area contributed by atoms with Crippen molar-refractivity contribution in [3.05, 3.63) is 97.0 Å². The van der Waals surface area contributed by atoms with Gasteiger partial charge in [0.2, 0.25) is 0 Å². The van der Waals surface area contributed by atoms with Gasteiger partial charge in [0, 0.05) is 12.4 Å².